The summed E-state index contributed by atoms with van der Waals surface area (Å²) in [5, 5.41) is 3.42. The van der Waals surface area contributed by atoms with Crippen molar-refractivity contribution in [3.8, 4) is 0 Å². The molecule has 29 heavy (non-hydrogen) atoms. The molecule has 0 bridgehead atoms. The maximum Gasteiger partial charge on any atom is 0.453 e. The minimum Gasteiger partial charge on any atom is -0.331 e. The molecule has 2 N–H and O–H groups in total. The Hall–Kier alpha value is -2.63. The summed E-state index contributed by atoms with van der Waals surface area (Å²) in [4.78, 5) is 17.4. The van der Waals surface area contributed by atoms with Crippen LogP contribution in [0.3, 0.4) is 0 Å². The first-order chi connectivity index (χ1) is 13.5. The van der Waals surface area contributed by atoms with Gasteiger partial charge < -0.3 is 10.6 Å². The van der Waals surface area contributed by atoms with Gasteiger partial charge in [0, 0.05) is 25.1 Å². The summed E-state index contributed by atoms with van der Waals surface area (Å²) >= 11 is 0. The SMILES string of the molecule is C[C@@H]1c2nc(C(F)(F)F)nn2CCN1C(=O)CC(N)Cc1cc(F)c(F)cc1F. The molecular formula is C17H17F6N5O. The number of nitrogens with zero attached hydrogens (tertiary/aromatic N) is 4. The molecule has 1 aliphatic heterocycles. The third kappa shape index (κ3) is 4.36. The van der Waals surface area contributed by atoms with Crippen LogP contribution in [0.4, 0.5) is 26.3 Å². The molecule has 1 amide bonds. The topological polar surface area (TPSA) is 77.0 Å². The molecule has 0 radical (unpaired) electrons. The number of amides is 1. The Morgan fingerprint density at radius 2 is 1.86 bits per heavy atom. The normalized spacial score (nSPS) is 17.9. The number of aromatic nitrogens is 3. The Labute approximate surface area is 161 Å². The van der Waals surface area contributed by atoms with Crippen molar-refractivity contribution >= 4 is 5.91 Å². The first-order valence-electron chi connectivity index (χ1n) is 8.67. The van der Waals surface area contributed by atoms with E-state index in [4.69, 9.17) is 5.73 Å². The van der Waals surface area contributed by atoms with Gasteiger partial charge in [-0.3, -0.25) is 4.79 Å². The molecule has 1 aromatic heterocycles. The number of carbonyl (C=O) groups excluding carboxylic acids is 1. The standard InChI is InChI=1S/C17H17F6N5O/c1-8-15-25-16(17(21,22)23)26-28(15)3-2-27(8)14(29)6-10(24)4-9-5-12(19)13(20)7-11(9)18/h5,7-8,10H,2-4,6,24H2,1H3/t8-,10?/m1/s1. The Balaban J connectivity index is 1.68. The minimum atomic E-state index is -4.70. The van der Waals surface area contributed by atoms with E-state index in [-0.39, 0.29) is 37.3 Å². The largest absolute Gasteiger partial charge is 0.453 e. The summed E-state index contributed by atoms with van der Waals surface area (Å²) < 4.78 is 79.6. The van der Waals surface area contributed by atoms with Crippen LogP contribution < -0.4 is 5.73 Å². The molecule has 0 saturated carbocycles. The number of hydrogen-bond donors (Lipinski definition) is 1. The molecule has 0 spiro atoms. The van der Waals surface area contributed by atoms with Crippen LogP contribution in [0.25, 0.3) is 0 Å². The summed E-state index contributed by atoms with van der Waals surface area (Å²) in [6.07, 6.45) is -5.18. The molecule has 12 heteroatoms. The monoisotopic (exact) mass is 421 g/mol. The zero-order valence-corrected chi connectivity index (χ0v) is 15.2. The van der Waals surface area contributed by atoms with Crippen LogP contribution in [0, 0.1) is 17.5 Å². The van der Waals surface area contributed by atoms with Gasteiger partial charge in [-0.25, -0.2) is 22.8 Å². The fraction of sp³-hybridized carbons (Fsp3) is 0.471. The third-order valence-electron chi connectivity index (χ3n) is 4.68. The lowest BCUT2D eigenvalue weighted by Crippen LogP contribution is -2.43. The van der Waals surface area contributed by atoms with Gasteiger partial charge >= 0.3 is 6.18 Å². The first kappa shape index (κ1) is 21.1. The van der Waals surface area contributed by atoms with Crippen LogP contribution in [0.2, 0.25) is 0 Å². The van der Waals surface area contributed by atoms with Crippen molar-refractivity contribution in [3.05, 3.63) is 46.8 Å². The quantitative estimate of drug-likeness (QED) is 0.608. The van der Waals surface area contributed by atoms with Gasteiger partial charge in [0.25, 0.3) is 5.82 Å². The third-order valence-corrected chi connectivity index (χ3v) is 4.68. The van der Waals surface area contributed by atoms with Gasteiger partial charge in [-0.05, 0) is 25.0 Å². The fourth-order valence-electron chi connectivity index (χ4n) is 3.24. The van der Waals surface area contributed by atoms with E-state index in [1.54, 1.807) is 0 Å². The van der Waals surface area contributed by atoms with Crippen LogP contribution >= 0.6 is 0 Å². The molecule has 1 aliphatic rings. The molecule has 2 aromatic rings. The molecule has 0 aliphatic carbocycles. The lowest BCUT2D eigenvalue weighted by atomic mass is 10.0. The summed E-state index contributed by atoms with van der Waals surface area (Å²) in [5.41, 5.74) is 5.68. The summed E-state index contributed by atoms with van der Waals surface area (Å²) in [6.45, 7) is 1.64. The van der Waals surface area contributed by atoms with Gasteiger partial charge in [0.2, 0.25) is 5.91 Å². The second-order valence-electron chi connectivity index (χ2n) is 6.80. The van der Waals surface area contributed by atoms with Gasteiger partial charge in [-0.2, -0.15) is 13.2 Å². The van der Waals surface area contributed by atoms with E-state index in [1.807, 2.05) is 0 Å². The predicted octanol–water partition coefficient (Wildman–Crippen LogP) is 2.58. The van der Waals surface area contributed by atoms with Crippen molar-refractivity contribution < 1.29 is 31.1 Å². The molecule has 2 atom stereocenters. The van der Waals surface area contributed by atoms with Crippen molar-refractivity contribution in [3.63, 3.8) is 0 Å². The molecule has 1 aromatic carbocycles. The van der Waals surface area contributed by atoms with E-state index in [2.05, 4.69) is 10.1 Å². The number of carbonyl (C=O) groups is 1. The number of benzene rings is 1. The highest BCUT2D eigenvalue weighted by atomic mass is 19.4. The van der Waals surface area contributed by atoms with E-state index in [9.17, 15) is 31.1 Å². The van der Waals surface area contributed by atoms with Crippen molar-refractivity contribution in [2.24, 2.45) is 5.73 Å². The van der Waals surface area contributed by atoms with E-state index in [0.717, 1.165) is 4.68 Å². The minimum absolute atomic E-state index is 0.00264. The van der Waals surface area contributed by atoms with Crippen molar-refractivity contribution in [1.29, 1.82) is 0 Å². The van der Waals surface area contributed by atoms with Crippen LogP contribution in [-0.2, 0) is 23.9 Å². The molecule has 158 valence electrons. The van der Waals surface area contributed by atoms with Crippen molar-refractivity contribution in [2.45, 2.75) is 44.6 Å². The van der Waals surface area contributed by atoms with Gasteiger partial charge in [0.05, 0.1) is 12.6 Å². The number of alkyl halides is 3. The number of nitrogens with two attached hydrogens (primary N) is 1. The molecule has 0 saturated heterocycles. The van der Waals surface area contributed by atoms with E-state index < -0.39 is 47.4 Å². The average Bonchev–Trinajstić information content (AvgIpc) is 3.05. The van der Waals surface area contributed by atoms with E-state index in [1.165, 1.54) is 11.8 Å². The zero-order valence-electron chi connectivity index (χ0n) is 15.2. The Bertz CT molecular complexity index is 928. The fourth-order valence-corrected chi connectivity index (χ4v) is 3.24. The van der Waals surface area contributed by atoms with Crippen molar-refractivity contribution in [2.75, 3.05) is 6.54 Å². The summed E-state index contributed by atoms with van der Waals surface area (Å²) in [6, 6.07) is -0.594. The average molecular weight is 421 g/mol. The zero-order chi connectivity index (χ0) is 21.5. The highest BCUT2D eigenvalue weighted by Gasteiger charge is 2.40. The first-order valence-corrected chi connectivity index (χ1v) is 8.67. The Morgan fingerprint density at radius 1 is 1.21 bits per heavy atom. The predicted molar refractivity (Wildman–Crippen MR) is 87.8 cm³/mol. The molecule has 1 unspecified atom stereocenters. The van der Waals surface area contributed by atoms with Crippen LogP contribution in [0.15, 0.2) is 12.1 Å². The van der Waals surface area contributed by atoms with Gasteiger partial charge in [-0.15, -0.1) is 5.10 Å². The van der Waals surface area contributed by atoms with Crippen LogP contribution in [0.1, 0.15) is 36.6 Å². The number of hydrogen-bond acceptors (Lipinski definition) is 4. The lowest BCUT2D eigenvalue weighted by Gasteiger charge is -2.33. The highest BCUT2D eigenvalue weighted by Crippen LogP contribution is 2.30. The van der Waals surface area contributed by atoms with E-state index >= 15 is 0 Å². The lowest BCUT2D eigenvalue weighted by molar-refractivity contribution is -0.145. The maximum atomic E-state index is 13.7. The second-order valence-corrected chi connectivity index (χ2v) is 6.80. The summed E-state index contributed by atoms with van der Waals surface area (Å²) in [5.74, 6) is -5.30. The number of rotatable bonds is 4. The van der Waals surface area contributed by atoms with Crippen molar-refractivity contribution in [1.82, 2.24) is 19.7 Å². The molecule has 6 nitrogen and oxygen atoms in total. The second kappa shape index (κ2) is 7.65. The van der Waals surface area contributed by atoms with E-state index in [0.29, 0.717) is 12.1 Å². The molecular weight excluding hydrogens is 404 g/mol. The smallest absolute Gasteiger partial charge is 0.331 e. The maximum absolute atomic E-state index is 13.7. The van der Waals surface area contributed by atoms with Crippen LogP contribution in [-0.4, -0.2) is 38.2 Å². The Kier molecular flexibility index (Phi) is 5.57. The van der Waals surface area contributed by atoms with Crippen LogP contribution in [0.5, 0.6) is 0 Å². The van der Waals surface area contributed by atoms with Gasteiger partial charge in [0.15, 0.2) is 11.6 Å². The summed E-state index contributed by atoms with van der Waals surface area (Å²) in [7, 11) is 0. The Morgan fingerprint density at radius 3 is 2.52 bits per heavy atom. The van der Waals surface area contributed by atoms with Gasteiger partial charge in [0.1, 0.15) is 11.6 Å². The molecule has 3 rings (SSSR count). The van der Waals surface area contributed by atoms with Gasteiger partial charge in [-0.1, -0.05) is 0 Å². The number of fused-ring (bicyclic) bond motifs is 1. The molecule has 2 heterocycles. The number of halogens is 6. The molecule has 0 fully saturated rings. The highest BCUT2D eigenvalue weighted by molar-refractivity contribution is 5.77.